The van der Waals surface area contributed by atoms with Crippen LogP contribution in [0.15, 0.2) is 71.8 Å². The van der Waals surface area contributed by atoms with Gasteiger partial charge in [-0.15, -0.1) is 10.2 Å². The van der Waals surface area contributed by atoms with E-state index in [1.807, 2.05) is 0 Å². The van der Waals surface area contributed by atoms with Gasteiger partial charge < -0.3 is 0 Å². The van der Waals surface area contributed by atoms with Crippen LogP contribution in [0.2, 0.25) is 5.02 Å². The van der Waals surface area contributed by atoms with Crippen molar-refractivity contribution in [1.29, 1.82) is 0 Å². The Hall–Kier alpha value is -2.97. The molecule has 2 aromatic carbocycles. The molecule has 0 atom stereocenters. The molecule has 2 aromatic heterocycles. The van der Waals surface area contributed by atoms with Crippen LogP contribution in [0.1, 0.15) is 11.4 Å². The van der Waals surface area contributed by atoms with Gasteiger partial charge >= 0.3 is 0 Å². The van der Waals surface area contributed by atoms with Crippen LogP contribution in [-0.2, 0) is 16.6 Å². The molecule has 2 heterocycles. The van der Waals surface area contributed by atoms with Gasteiger partial charge in [0.15, 0.2) is 5.65 Å². The van der Waals surface area contributed by atoms with Crippen LogP contribution in [0, 0.1) is 12.7 Å². The van der Waals surface area contributed by atoms with Gasteiger partial charge in [-0.05, 0) is 55.0 Å². The number of fused-ring (bicyclic) bond motifs is 1. The van der Waals surface area contributed by atoms with E-state index in [0.717, 1.165) is 0 Å². The molecule has 0 fully saturated rings. The highest BCUT2D eigenvalue weighted by Gasteiger charge is 2.29. The smallest absolute Gasteiger partial charge is 0.268 e. The van der Waals surface area contributed by atoms with Crippen molar-refractivity contribution in [2.24, 2.45) is 0 Å². The van der Waals surface area contributed by atoms with Crippen LogP contribution in [0.25, 0.3) is 5.65 Å². The lowest BCUT2D eigenvalue weighted by Gasteiger charge is -2.25. The second-order valence-electron chi connectivity index (χ2n) is 6.43. The fourth-order valence-electron chi connectivity index (χ4n) is 3.07. The lowest BCUT2D eigenvalue weighted by atomic mass is 10.2. The van der Waals surface area contributed by atoms with E-state index >= 15 is 0 Å². The fraction of sp³-hybridized carbons (Fsp3) is 0.100. The molecule has 9 heteroatoms. The summed E-state index contributed by atoms with van der Waals surface area (Å²) in [5.41, 5.74) is 1.08. The zero-order valence-electron chi connectivity index (χ0n) is 15.3. The number of benzene rings is 2. The van der Waals surface area contributed by atoms with Gasteiger partial charge in [0.05, 0.1) is 12.2 Å². The summed E-state index contributed by atoms with van der Waals surface area (Å²) in [4.78, 5) is -0.00280. The first kappa shape index (κ1) is 19.4. The first-order chi connectivity index (χ1) is 13.9. The topological polar surface area (TPSA) is 67.6 Å². The van der Waals surface area contributed by atoms with Crippen molar-refractivity contribution >= 4 is 33.0 Å². The lowest BCUT2D eigenvalue weighted by Crippen LogP contribution is -2.31. The van der Waals surface area contributed by atoms with E-state index in [4.69, 9.17) is 11.6 Å². The van der Waals surface area contributed by atoms with Gasteiger partial charge in [0.1, 0.15) is 16.5 Å². The van der Waals surface area contributed by atoms with Crippen LogP contribution in [-0.4, -0.2) is 23.0 Å². The number of aryl methyl sites for hydroxylation is 1. The summed E-state index contributed by atoms with van der Waals surface area (Å²) in [5, 5.41) is 8.38. The highest BCUT2D eigenvalue weighted by atomic mass is 35.5. The van der Waals surface area contributed by atoms with Gasteiger partial charge in [-0.3, -0.25) is 8.71 Å². The number of pyridine rings is 1. The Kier molecular flexibility index (Phi) is 4.97. The molecule has 148 valence electrons. The van der Waals surface area contributed by atoms with Gasteiger partial charge in [-0.25, -0.2) is 12.8 Å². The van der Waals surface area contributed by atoms with Gasteiger partial charge in [-0.1, -0.05) is 29.8 Å². The third kappa shape index (κ3) is 3.68. The molecule has 0 N–H and O–H groups in total. The lowest BCUT2D eigenvalue weighted by molar-refractivity contribution is 0.590. The van der Waals surface area contributed by atoms with Crippen molar-refractivity contribution in [3.8, 4) is 0 Å². The fourth-order valence-corrected chi connectivity index (χ4v) is 4.83. The number of halogens is 2. The Morgan fingerprint density at radius 3 is 2.62 bits per heavy atom. The minimum atomic E-state index is -4.07. The largest absolute Gasteiger partial charge is 0.286 e. The normalized spacial score (nSPS) is 11.7. The number of hydrogen-bond acceptors (Lipinski definition) is 4. The quantitative estimate of drug-likeness (QED) is 0.475. The Balaban J connectivity index is 1.89. The van der Waals surface area contributed by atoms with Crippen LogP contribution in [0.4, 0.5) is 10.1 Å². The molecule has 0 saturated carbocycles. The Bertz CT molecular complexity index is 1310. The van der Waals surface area contributed by atoms with Crippen molar-refractivity contribution in [3.63, 3.8) is 0 Å². The van der Waals surface area contributed by atoms with Gasteiger partial charge in [0, 0.05) is 11.2 Å². The van der Waals surface area contributed by atoms with Gasteiger partial charge in [-0.2, -0.15) is 0 Å². The average Bonchev–Trinajstić information content (AvgIpc) is 3.07. The summed E-state index contributed by atoms with van der Waals surface area (Å²) in [5.74, 6) is 0.123. The second-order valence-corrected chi connectivity index (χ2v) is 8.70. The highest BCUT2D eigenvalue weighted by molar-refractivity contribution is 7.93. The zero-order chi connectivity index (χ0) is 20.6. The molecule has 0 bridgehead atoms. The highest BCUT2D eigenvalue weighted by Crippen LogP contribution is 2.29. The third-order valence-corrected chi connectivity index (χ3v) is 6.48. The summed E-state index contributed by atoms with van der Waals surface area (Å²) < 4.78 is 43.8. The summed E-state index contributed by atoms with van der Waals surface area (Å²) in [6.45, 7) is 1.66. The van der Waals surface area contributed by atoms with Crippen LogP contribution >= 0.6 is 11.6 Å². The first-order valence-corrected chi connectivity index (χ1v) is 10.5. The SMILES string of the molecule is Cc1nnc2c(S(=O)(=O)N(Cc3cccc(F)c3)c3cccc(Cl)c3)cccn12. The second kappa shape index (κ2) is 7.46. The van der Waals surface area contributed by atoms with Crippen molar-refractivity contribution in [2.75, 3.05) is 4.31 Å². The average molecular weight is 431 g/mol. The molecular weight excluding hydrogens is 415 g/mol. The Morgan fingerprint density at radius 2 is 1.86 bits per heavy atom. The van der Waals surface area contributed by atoms with E-state index in [1.165, 1.54) is 28.6 Å². The number of sulfonamides is 1. The number of rotatable bonds is 5. The molecule has 29 heavy (non-hydrogen) atoms. The van der Waals surface area contributed by atoms with E-state index in [9.17, 15) is 12.8 Å². The predicted molar refractivity (Wildman–Crippen MR) is 109 cm³/mol. The Labute approximate surface area is 172 Å². The summed E-state index contributed by atoms with van der Waals surface area (Å²) >= 11 is 6.10. The maximum atomic E-state index is 13.7. The maximum Gasteiger partial charge on any atom is 0.268 e. The maximum absolute atomic E-state index is 13.7. The summed E-state index contributed by atoms with van der Waals surface area (Å²) in [6, 6.07) is 15.4. The minimum absolute atomic E-state index is 0.00280. The van der Waals surface area contributed by atoms with Crippen molar-refractivity contribution in [3.05, 3.63) is 89.1 Å². The van der Waals surface area contributed by atoms with Crippen molar-refractivity contribution < 1.29 is 12.8 Å². The van der Waals surface area contributed by atoms with Crippen LogP contribution in [0.5, 0.6) is 0 Å². The van der Waals surface area contributed by atoms with Gasteiger partial charge in [0.2, 0.25) is 0 Å². The van der Waals surface area contributed by atoms with E-state index < -0.39 is 15.8 Å². The number of aromatic nitrogens is 3. The number of hydrogen-bond donors (Lipinski definition) is 0. The zero-order valence-corrected chi connectivity index (χ0v) is 16.9. The standard InChI is InChI=1S/C20H16ClFN4O2S/c1-14-23-24-20-19(9-4-10-25(14)20)29(27,28)26(18-8-3-6-16(21)12-18)13-15-5-2-7-17(22)11-15/h2-12H,13H2,1H3. The third-order valence-electron chi connectivity index (χ3n) is 4.45. The van der Waals surface area contributed by atoms with Crippen molar-refractivity contribution in [2.45, 2.75) is 18.4 Å². The number of nitrogens with zero attached hydrogens (tertiary/aromatic N) is 4. The molecule has 0 amide bonds. The molecule has 6 nitrogen and oxygen atoms in total. The predicted octanol–water partition coefficient (Wildman–Crippen LogP) is 4.23. The molecule has 4 rings (SSSR count). The van der Waals surface area contributed by atoms with E-state index in [-0.39, 0.29) is 17.1 Å². The Morgan fingerprint density at radius 1 is 1.07 bits per heavy atom. The summed E-state index contributed by atoms with van der Waals surface area (Å²) in [7, 11) is -4.07. The van der Waals surface area contributed by atoms with E-state index in [1.54, 1.807) is 53.9 Å². The molecule has 4 aromatic rings. The molecule has 0 saturated heterocycles. The van der Waals surface area contributed by atoms with Crippen LogP contribution in [0.3, 0.4) is 0 Å². The molecule has 0 aliphatic carbocycles. The molecule has 0 aliphatic rings. The molecule has 0 spiro atoms. The monoisotopic (exact) mass is 430 g/mol. The molecule has 0 unspecified atom stereocenters. The first-order valence-electron chi connectivity index (χ1n) is 8.69. The molecular formula is C20H16ClFN4O2S. The number of anilines is 1. The molecule has 0 radical (unpaired) electrons. The van der Waals surface area contributed by atoms with E-state index in [0.29, 0.717) is 22.1 Å². The van der Waals surface area contributed by atoms with Crippen molar-refractivity contribution in [1.82, 2.24) is 14.6 Å². The van der Waals surface area contributed by atoms with E-state index in [2.05, 4.69) is 10.2 Å². The molecule has 0 aliphatic heterocycles. The van der Waals surface area contributed by atoms with Crippen LogP contribution < -0.4 is 4.31 Å². The van der Waals surface area contributed by atoms with Gasteiger partial charge in [0.25, 0.3) is 10.0 Å². The summed E-state index contributed by atoms with van der Waals surface area (Å²) in [6.07, 6.45) is 1.69. The minimum Gasteiger partial charge on any atom is -0.286 e.